The zero-order valence-corrected chi connectivity index (χ0v) is 5.44. The van der Waals surface area contributed by atoms with E-state index in [2.05, 4.69) is 6.58 Å². The lowest BCUT2D eigenvalue weighted by Crippen LogP contribution is -1.82. The Kier molecular flexibility index (Phi) is 3.01. The van der Waals surface area contributed by atoms with Crippen molar-refractivity contribution in [2.45, 2.75) is 20.3 Å². The van der Waals surface area contributed by atoms with Crippen LogP contribution in [-0.4, -0.2) is 5.11 Å². The van der Waals surface area contributed by atoms with Crippen LogP contribution in [0.5, 0.6) is 0 Å². The van der Waals surface area contributed by atoms with Gasteiger partial charge in [0.1, 0.15) is 5.76 Å². The van der Waals surface area contributed by atoms with E-state index in [0.717, 1.165) is 12.0 Å². The minimum atomic E-state index is 0.190. The van der Waals surface area contributed by atoms with Gasteiger partial charge in [0.15, 0.2) is 0 Å². The molecule has 0 radical (unpaired) electrons. The van der Waals surface area contributed by atoms with Crippen molar-refractivity contribution in [2.24, 2.45) is 0 Å². The van der Waals surface area contributed by atoms with Crippen LogP contribution >= 0.6 is 0 Å². The molecule has 46 valence electrons. The highest BCUT2D eigenvalue weighted by Gasteiger charge is 1.91. The van der Waals surface area contributed by atoms with Crippen LogP contribution in [0, 0.1) is 0 Å². The molecule has 0 aliphatic rings. The van der Waals surface area contributed by atoms with E-state index in [-0.39, 0.29) is 5.76 Å². The minimum Gasteiger partial charge on any atom is -0.508 e. The zero-order chi connectivity index (χ0) is 6.57. The molecule has 0 rings (SSSR count). The fourth-order valence-corrected chi connectivity index (χ4v) is 0.575. The molecule has 0 aromatic heterocycles. The number of aliphatic hydroxyl groups is 1. The molecule has 0 saturated carbocycles. The number of hydrogen-bond acceptors (Lipinski definition) is 1. The van der Waals surface area contributed by atoms with E-state index < -0.39 is 0 Å². The van der Waals surface area contributed by atoms with Gasteiger partial charge in [-0.25, -0.2) is 0 Å². The summed E-state index contributed by atoms with van der Waals surface area (Å²) in [4.78, 5) is 0. The van der Waals surface area contributed by atoms with Crippen molar-refractivity contribution in [1.29, 1.82) is 0 Å². The molecule has 0 fully saturated rings. The average Bonchev–Trinajstić information content (AvgIpc) is 1.69. The van der Waals surface area contributed by atoms with Crippen LogP contribution in [0.4, 0.5) is 0 Å². The molecule has 0 atom stereocenters. The predicted octanol–water partition coefficient (Wildman–Crippen LogP) is 2.41. The third-order valence-electron chi connectivity index (χ3n) is 1.10. The van der Waals surface area contributed by atoms with E-state index in [1.807, 2.05) is 19.9 Å². The maximum absolute atomic E-state index is 8.75. The highest BCUT2D eigenvalue weighted by Crippen LogP contribution is 2.06. The van der Waals surface area contributed by atoms with E-state index in [1.54, 1.807) is 0 Å². The van der Waals surface area contributed by atoms with Gasteiger partial charge >= 0.3 is 0 Å². The summed E-state index contributed by atoms with van der Waals surface area (Å²) in [5.74, 6) is 0.190. The van der Waals surface area contributed by atoms with E-state index in [4.69, 9.17) is 5.11 Å². The Balaban J connectivity index is 3.92. The SMILES string of the molecule is C=C(O)/C(=C\C)CC. The Morgan fingerprint density at radius 1 is 1.75 bits per heavy atom. The highest BCUT2D eigenvalue weighted by atomic mass is 16.3. The average molecular weight is 112 g/mol. The zero-order valence-electron chi connectivity index (χ0n) is 5.44. The lowest BCUT2D eigenvalue weighted by atomic mass is 10.2. The summed E-state index contributed by atoms with van der Waals surface area (Å²) in [6.45, 7) is 7.26. The molecule has 1 nitrogen and oxygen atoms in total. The Morgan fingerprint density at radius 3 is 2.25 bits per heavy atom. The van der Waals surface area contributed by atoms with Gasteiger partial charge < -0.3 is 5.11 Å². The molecule has 0 aliphatic carbocycles. The van der Waals surface area contributed by atoms with Gasteiger partial charge in [-0.15, -0.1) is 0 Å². The fourth-order valence-electron chi connectivity index (χ4n) is 0.575. The Bertz CT molecular complexity index is 112. The monoisotopic (exact) mass is 112 g/mol. The number of rotatable bonds is 2. The normalized spacial score (nSPS) is 11.5. The number of hydrogen-bond donors (Lipinski definition) is 1. The predicted molar refractivity (Wildman–Crippen MR) is 35.8 cm³/mol. The second kappa shape index (κ2) is 3.30. The molecule has 0 spiro atoms. The third kappa shape index (κ3) is 1.82. The van der Waals surface area contributed by atoms with Crippen molar-refractivity contribution in [2.75, 3.05) is 0 Å². The first kappa shape index (κ1) is 7.28. The fraction of sp³-hybridized carbons (Fsp3) is 0.429. The molecule has 0 heterocycles. The quantitative estimate of drug-likeness (QED) is 0.429. The van der Waals surface area contributed by atoms with Gasteiger partial charge in [0, 0.05) is 0 Å². The summed E-state index contributed by atoms with van der Waals surface area (Å²) >= 11 is 0. The maximum Gasteiger partial charge on any atom is 0.111 e. The molecule has 0 bridgehead atoms. The molecule has 0 aromatic carbocycles. The lowest BCUT2D eigenvalue weighted by Gasteiger charge is -1.97. The topological polar surface area (TPSA) is 20.2 Å². The van der Waals surface area contributed by atoms with Gasteiger partial charge in [-0.1, -0.05) is 19.6 Å². The second-order valence-corrected chi connectivity index (χ2v) is 1.61. The van der Waals surface area contributed by atoms with Crippen LogP contribution in [0.3, 0.4) is 0 Å². The van der Waals surface area contributed by atoms with E-state index in [9.17, 15) is 0 Å². The smallest absolute Gasteiger partial charge is 0.111 e. The summed E-state index contributed by atoms with van der Waals surface area (Å²) in [6, 6.07) is 0. The van der Waals surface area contributed by atoms with Crippen LogP contribution in [0.15, 0.2) is 24.0 Å². The Labute approximate surface area is 50.3 Å². The van der Waals surface area contributed by atoms with Gasteiger partial charge in [-0.3, -0.25) is 0 Å². The van der Waals surface area contributed by atoms with E-state index in [1.165, 1.54) is 0 Å². The van der Waals surface area contributed by atoms with Gasteiger partial charge in [0.2, 0.25) is 0 Å². The van der Waals surface area contributed by atoms with Gasteiger partial charge in [0.25, 0.3) is 0 Å². The minimum absolute atomic E-state index is 0.190. The van der Waals surface area contributed by atoms with Gasteiger partial charge in [-0.2, -0.15) is 0 Å². The number of allylic oxidation sites excluding steroid dienone is 2. The largest absolute Gasteiger partial charge is 0.508 e. The number of aliphatic hydroxyl groups excluding tert-OH is 1. The molecule has 0 saturated heterocycles. The maximum atomic E-state index is 8.75. The van der Waals surface area contributed by atoms with E-state index in [0.29, 0.717) is 0 Å². The molecule has 0 aliphatic heterocycles. The van der Waals surface area contributed by atoms with E-state index >= 15 is 0 Å². The first-order chi connectivity index (χ1) is 3.72. The summed E-state index contributed by atoms with van der Waals surface area (Å²) in [6.07, 6.45) is 2.72. The Morgan fingerprint density at radius 2 is 2.25 bits per heavy atom. The van der Waals surface area contributed by atoms with Crippen LogP contribution in [0.1, 0.15) is 20.3 Å². The molecular formula is C7H12O. The lowest BCUT2D eigenvalue weighted by molar-refractivity contribution is 0.423. The molecule has 0 amide bonds. The highest BCUT2D eigenvalue weighted by molar-refractivity contribution is 5.20. The van der Waals surface area contributed by atoms with Crippen LogP contribution in [0.25, 0.3) is 0 Å². The first-order valence-corrected chi connectivity index (χ1v) is 2.75. The van der Waals surface area contributed by atoms with Crippen molar-refractivity contribution in [3.05, 3.63) is 24.0 Å². The van der Waals surface area contributed by atoms with Crippen molar-refractivity contribution in [1.82, 2.24) is 0 Å². The molecule has 1 heteroatoms. The standard InChI is InChI=1S/C7H12O/c1-4-7(5-2)6(3)8/h4,8H,3,5H2,1-2H3/b7-4-. The van der Waals surface area contributed by atoms with Crippen LogP contribution in [-0.2, 0) is 0 Å². The van der Waals surface area contributed by atoms with Crippen molar-refractivity contribution >= 4 is 0 Å². The molecule has 1 N–H and O–H groups in total. The molecular weight excluding hydrogens is 100 g/mol. The summed E-state index contributed by atoms with van der Waals surface area (Å²) < 4.78 is 0. The van der Waals surface area contributed by atoms with Crippen LogP contribution in [0.2, 0.25) is 0 Å². The second-order valence-electron chi connectivity index (χ2n) is 1.61. The van der Waals surface area contributed by atoms with Gasteiger partial charge in [0.05, 0.1) is 0 Å². The van der Waals surface area contributed by atoms with Crippen molar-refractivity contribution in [3.8, 4) is 0 Å². The summed E-state index contributed by atoms with van der Waals surface area (Å²) in [7, 11) is 0. The van der Waals surface area contributed by atoms with Gasteiger partial charge in [-0.05, 0) is 18.9 Å². The first-order valence-electron chi connectivity index (χ1n) is 2.75. The van der Waals surface area contributed by atoms with Crippen molar-refractivity contribution < 1.29 is 5.11 Å². The van der Waals surface area contributed by atoms with Crippen LogP contribution < -0.4 is 0 Å². The summed E-state index contributed by atoms with van der Waals surface area (Å²) in [5.41, 5.74) is 0.921. The molecule has 0 unspecified atom stereocenters. The third-order valence-corrected chi connectivity index (χ3v) is 1.10. The summed E-state index contributed by atoms with van der Waals surface area (Å²) in [5, 5.41) is 8.75. The Hall–Kier alpha value is -0.720. The molecule has 8 heavy (non-hydrogen) atoms. The van der Waals surface area contributed by atoms with Crippen molar-refractivity contribution in [3.63, 3.8) is 0 Å². The molecule has 0 aromatic rings.